The molecule has 0 amide bonds. The Balaban J connectivity index is 1.77. The maximum absolute atomic E-state index is 6.27. The van der Waals surface area contributed by atoms with Crippen LogP contribution in [0.3, 0.4) is 0 Å². The topological polar surface area (TPSA) is 34.2 Å². The van der Waals surface area contributed by atoms with Crippen molar-refractivity contribution in [3.05, 3.63) is 66.9 Å². The average Bonchev–Trinajstić information content (AvgIpc) is 2.89. The summed E-state index contributed by atoms with van der Waals surface area (Å²) in [6, 6.07) is 21.3. The minimum absolute atomic E-state index is 0.172. The maximum atomic E-state index is 6.27. The van der Waals surface area contributed by atoms with Gasteiger partial charge in [-0.2, -0.15) is 0 Å². The summed E-state index contributed by atoms with van der Waals surface area (Å²) in [4.78, 5) is 2.36. The van der Waals surface area contributed by atoms with E-state index < -0.39 is 0 Å². The van der Waals surface area contributed by atoms with E-state index in [0.717, 1.165) is 6.54 Å². The Morgan fingerprint density at radius 2 is 1.65 bits per heavy atom. The lowest BCUT2D eigenvalue weighted by atomic mass is 10.0. The van der Waals surface area contributed by atoms with Crippen LogP contribution < -0.4 is 10.6 Å². The lowest BCUT2D eigenvalue weighted by Crippen LogP contribution is -2.60. The van der Waals surface area contributed by atoms with Crippen molar-refractivity contribution in [2.24, 2.45) is 5.73 Å². The number of benzene rings is 2. The molecule has 0 spiro atoms. The first-order chi connectivity index (χ1) is 9.84. The van der Waals surface area contributed by atoms with E-state index in [1.165, 1.54) is 16.6 Å². The van der Waals surface area contributed by atoms with Crippen molar-refractivity contribution >= 4 is 16.6 Å². The Morgan fingerprint density at radius 3 is 2.45 bits per heavy atom. The number of rotatable bonds is 2. The Morgan fingerprint density at radius 1 is 0.900 bits per heavy atom. The highest BCUT2D eigenvalue weighted by Crippen LogP contribution is 2.35. The van der Waals surface area contributed by atoms with Crippen LogP contribution in [0.2, 0.25) is 0 Å². The average molecular weight is 263 g/mol. The van der Waals surface area contributed by atoms with Crippen molar-refractivity contribution in [1.82, 2.24) is 4.57 Å². The second kappa shape index (κ2) is 4.39. The quantitative estimate of drug-likeness (QED) is 0.771. The van der Waals surface area contributed by atoms with Crippen molar-refractivity contribution in [3.8, 4) is 0 Å². The summed E-state index contributed by atoms with van der Waals surface area (Å²) < 4.78 is 2.29. The van der Waals surface area contributed by atoms with Crippen molar-refractivity contribution in [2.45, 2.75) is 12.2 Å². The summed E-state index contributed by atoms with van der Waals surface area (Å²) >= 11 is 0. The lowest BCUT2D eigenvalue weighted by molar-refractivity contribution is 0.301. The zero-order valence-electron chi connectivity index (χ0n) is 11.2. The van der Waals surface area contributed by atoms with E-state index in [2.05, 4.69) is 70.3 Å². The first-order valence-corrected chi connectivity index (χ1v) is 6.97. The van der Waals surface area contributed by atoms with E-state index in [0.29, 0.717) is 0 Å². The van der Waals surface area contributed by atoms with Crippen molar-refractivity contribution in [1.29, 1.82) is 0 Å². The van der Waals surface area contributed by atoms with Crippen LogP contribution in [0.5, 0.6) is 0 Å². The van der Waals surface area contributed by atoms with Gasteiger partial charge in [0.25, 0.3) is 0 Å². The molecule has 100 valence electrons. The third-order valence-electron chi connectivity index (χ3n) is 4.11. The molecule has 3 heteroatoms. The molecular weight excluding hydrogens is 246 g/mol. The van der Waals surface area contributed by atoms with Gasteiger partial charge in [-0.15, -0.1) is 0 Å². The molecule has 2 aromatic carbocycles. The van der Waals surface area contributed by atoms with Gasteiger partial charge in [0, 0.05) is 23.9 Å². The van der Waals surface area contributed by atoms with Crippen LogP contribution in [0.4, 0.5) is 5.69 Å². The van der Waals surface area contributed by atoms with E-state index in [1.807, 2.05) is 6.07 Å². The largest absolute Gasteiger partial charge is 0.348 e. The summed E-state index contributed by atoms with van der Waals surface area (Å²) in [5, 5.41) is 1.26. The molecule has 1 aliphatic rings. The Kier molecular flexibility index (Phi) is 2.54. The first-order valence-electron chi connectivity index (χ1n) is 6.97. The predicted molar refractivity (Wildman–Crippen MR) is 82.7 cm³/mol. The highest BCUT2D eigenvalue weighted by molar-refractivity contribution is 5.80. The second-order valence-electron chi connectivity index (χ2n) is 5.35. The van der Waals surface area contributed by atoms with Crippen molar-refractivity contribution in [2.75, 3.05) is 11.4 Å². The molecule has 1 aliphatic heterocycles. The number of aromatic nitrogens is 1. The van der Waals surface area contributed by atoms with Crippen LogP contribution >= 0.6 is 0 Å². The molecule has 20 heavy (non-hydrogen) atoms. The minimum Gasteiger partial charge on any atom is -0.348 e. The molecule has 1 fully saturated rings. The molecule has 2 N–H and O–H groups in total. The van der Waals surface area contributed by atoms with E-state index in [-0.39, 0.29) is 12.2 Å². The Bertz CT molecular complexity index is 732. The van der Waals surface area contributed by atoms with Crippen LogP contribution in [0.15, 0.2) is 66.9 Å². The molecule has 0 bridgehead atoms. The second-order valence-corrected chi connectivity index (χ2v) is 5.35. The molecule has 4 rings (SSSR count). The third kappa shape index (κ3) is 1.63. The summed E-state index contributed by atoms with van der Waals surface area (Å²) in [5.74, 6) is 0. The zero-order chi connectivity index (χ0) is 13.5. The maximum Gasteiger partial charge on any atom is 0.123 e. The number of para-hydroxylation sites is 2. The number of nitrogens with zero attached hydrogens (tertiary/aromatic N) is 2. The van der Waals surface area contributed by atoms with Gasteiger partial charge in [0.15, 0.2) is 0 Å². The number of hydrogen-bond acceptors (Lipinski definition) is 2. The van der Waals surface area contributed by atoms with Crippen LogP contribution in [-0.4, -0.2) is 17.2 Å². The molecule has 2 heterocycles. The van der Waals surface area contributed by atoms with Crippen LogP contribution in [-0.2, 0) is 0 Å². The van der Waals surface area contributed by atoms with Crippen LogP contribution in [0.25, 0.3) is 10.9 Å². The summed E-state index contributed by atoms with van der Waals surface area (Å²) in [7, 11) is 0. The van der Waals surface area contributed by atoms with E-state index in [1.54, 1.807) is 0 Å². The summed E-state index contributed by atoms with van der Waals surface area (Å²) in [6.45, 7) is 0.904. The molecule has 0 saturated carbocycles. The molecule has 3 aromatic rings. The van der Waals surface area contributed by atoms with Crippen molar-refractivity contribution < 1.29 is 0 Å². The van der Waals surface area contributed by atoms with E-state index >= 15 is 0 Å². The molecule has 2 unspecified atom stereocenters. The first kappa shape index (κ1) is 11.6. The third-order valence-corrected chi connectivity index (χ3v) is 4.11. The van der Waals surface area contributed by atoms with Crippen LogP contribution in [0.1, 0.15) is 6.17 Å². The molecule has 1 aromatic heterocycles. The number of anilines is 1. The number of nitrogens with two attached hydrogens (primary N) is 1. The molecule has 2 atom stereocenters. The summed E-state index contributed by atoms with van der Waals surface area (Å²) in [6.07, 6.45) is 2.35. The number of hydrogen-bond donors (Lipinski definition) is 1. The molecule has 0 aliphatic carbocycles. The molecule has 1 saturated heterocycles. The van der Waals surface area contributed by atoms with Gasteiger partial charge >= 0.3 is 0 Å². The highest BCUT2D eigenvalue weighted by Gasteiger charge is 2.38. The molecular formula is C17H17N3. The monoisotopic (exact) mass is 263 g/mol. The van der Waals surface area contributed by atoms with Gasteiger partial charge in [0.1, 0.15) is 6.17 Å². The molecule has 3 nitrogen and oxygen atoms in total. The van der Waals surface area contributed by atoms with Gasteiger partial charge in [0.2, 0.25) is 0 Å². The van der Waals surface area contributed by atoms with Gasteiger partial charge in [-0.05, 0) is 29.7 Å². The Labute approximate surface area is 118 Å². The normalized spacial score (nSPS) is 21.9. The fourth-order valence-corrected chi connectivity index (χ4v) is 3.09. The lowest BCUT2D eigenvalue weighted by Gasteiger charge is -2.48. The van der Waals surface area contributed by atoms with Gasteiger partial charge in [-0.3, -0.25) is 0 Å². The van der Waals surface area contributed by atoms with Gasteiger partial charge < -0.3 is 15.2 Å². The predicted octanol–water partition coefficient (Wildman–Crippen LogP) is 2.99. The van der Waals surface area contributed by atoms with E-state index in [9.17, 15) is 0 Å². The SMILES string of the molecule is NC1CN(c2ccccc2)C1n1ccc2ccccc21. The fourth-order valence-electron chi connectivity index (χ4n) is 3.09. The van der Waals surface area contributed by atoms with Gasteiger partial charge in [-0.1, -0.05) is 36.4 Å². The highest BCUT2D eigenvalue weighted by atomic mass is 15.4. The Hall–Kier alpha value is -2.26. The number of fused-ring (bicyclic) bond motifs is 1. The standard InChI is InChI=1S/C17H17N3/c18-15-12-20(14-7-2-1-3-8-14)17(15)19-11-10-13-6-4-5-9-16(13)19/h1-11,15,17H,12,18H2. The van der Waals surface area contributed by atoms with E-state index in [4.69, 9.17) is 5.73 Å². The smallest absolute Gasteiger partial charge is 0.123 e. The minimum atomic E-state index is 0.172. The van der Waals surface area contributed by atoms with Gasteiger partial charge in [-0.25, -0.2) is 0 Å². The fraction of sp³-hybridized carbons (Fsp3) is 0.176. The van der Waals surface area contributed by atoms with Crippen LogP contribution in [0, 0.1) is 0 Å². The summed E-state index contributed by atoms with van der Waals surface area (Å²) in [5.41, 5.74) is 8.75. The van der Waals surface area contributed by atoms with Gasteiger partial charge in [0.05, 0.1) is 6.04 Å². The zero-order valence-corrected chi connectivity index (χ0v) is 11.2. The van der Waals surface area contributed by atoms with Crippen molar-refractivity contribution in [3.63, 3.8) is 0 Å². The molecule has 0 radical (unpaired) electrons.